The number of esters is 1. The highest BCUT2D eigenvalue weighted by atomic mass is 31.2. The second kappa shape index (κ2) is 53.6. The third kappa shape index (κ3) is 54.8. The maximum absolute atomic E-state index is 13.5. The normalized spacial score (nSPS) is 13.9. The van der Waals surface area contributed by atoms with E-state index in [0.717, 1.165) is 64.2 Å². The molecule has 0 aromatic carbocycles. The Kier molecular flexibility index (Phi) is 52.3. The number of nitrogens with one attached hydrogen (secondary N) is 1. The van der Waals surface area contributed by atoms with Crippen molar-refractivity contribution < 1.29 is 37.3 Å². The number of carbonyl (C=O) groups is 2. The van der Waals surface area contributed by atoms with Crippen LogP contribution in [-0.2, 0) is 27.9 Å². The Bertz CT molecular complexity index is 1350. The number of nitrogens with zero attached hydrogens (tertiary/aromatic N) is 1. The number of hydrogen-bond donors (Lipinski definition) is 1. The first-order chi connectivity index (χ1) is 35.4. The van der Waals surface area contributed by atoms with E-state index in [1.54, 1.807) is 0 Å². The van der Waals surface area contributed by atoms with Crippen molar-refractivity contribution in [1.82, 2.24) is 5.32 Å². The Morgan fingerprint density at radius 1 is 0.466 bits per heavy atom. The minimum absolute atomic E-state index is 0.0228. The molecule has 0 radical (unpaired) electrons. The van der Waals surface area contributed by atoms with Crippen LogP contribution in [0.5, 0.6) is 0 Å². The van der Waals surface area contributed by atoms with E-state index in [-0.39, 0.29) is 31.5 Å². The lowest BCUT2D eigenvalue weighted by Crippen LogP contribution is -2.47. The van der Waals surface area contributed by atoms with E-state index in [1.165, 1.54) is 199 Å². The van der Waals surface area contributed by atoms with E-state index in [0.29, 0.717) is 23.9 Å². The predicted molar refractivity (Wildman–Crippen MR) is 312 cm³/mol. The first kappa shape index (κ1) is 71.2. The lowest BCUT2D eigenvalue weighted by Gasteiger charge is -2.30. The number of allylic oxidation sites excluding steroid dienone is 5. The van der Waals surface area contributed by atoms with Crippen LogP contribution in [0.15, 0.2) is 36.5 Å². The lowest BCUT2D eigenvalue weighted by molar-refractivity contribution is -0.870. The molecule has 0 bridgehead atoms. The van der Waals surface area contributed by atoms with Gasteiger partial charge in [-0.25, -0.2) is 0 Å². The van der Waals surface area contributed by atoms with Gasteiger partial charge in [0.25, 0.3) is 7.82 Å². The molecular formula is C63H121N2O7P. The fourth-order valence-corrected chi connectivity index (χ4v) is 9.88. The quantitative estimate of drug-likeness (QED) is 0.0212. The second-order valence-electron chi connectivity index (χ2n) is 22.6. The van der Waals surface area contributed by atoms with Gasteiger partial charge in [0.05, 0.1) is 33.8 Å². The molecule has 3 atom stereocenters. The van der Waals surface area contributed by atoms with Gasteiger partial charge in [-0.1, -0.05) is 244 Å². The highest BCUT2D eigenvalue weighted by Gasteiger charge is 2.27. The van der Waals surface area contributed by atoms with Crippen molar-refractivity contribution in [1.29, 1.82) is 0 Å². The van der Waals surface area contributed by atoms with Crippen molar-refractivity contribution in [2.75, 3.05) is 40.9 Å². The summed E-state index contributed by atoms with van der Waals surface area (Å²) in [6.45, 7) is 6.85. The zero-order valence-electron chi connectivity index (χ0n) is 49.1. The summed E-state index contributed by atoms with van der Waals surface area (Å²) in [5.41, 5.74) is 0. The SMILES string of the molecule is CCCCCCCC/C=C\CCCCCC(=O)OC(/C=C\CCCCCCCCCCCCC)C(COP(=O)([O-])OCC[N+](C)(C)C)NC(=O)CCCCCCCCCCCCC/C=C/CCCCCCCC. The number of unbranched alkanes of at least 4 members (excludes halogenated alkanes) is 37. The van der Waals surface area contributed by atoms with Crippen LogP contribution < -0.4 is 10.2 Å². The standard InChI is InChI=1S/C63H121N2O7P/c1-7-10-13-16-19-22-25-28-29-30-31-32-33-34-35-38-40-43-46-49-52-55-62(66)64-60(59-71-73(68,69)70-58-57-65(4,5)6)61(54-51-48-45-42-39-36-26-23-20-17-14-11-8-2)72-63(67)56-53-50-47-44-41-37-27-24-21-18-15-12-9-3/h28-29,37,41,51,54,60-61H,7-27,30-36,38-40,42-50,52-53,55-59H2,1-6H3,(H-,64,66,68,69)/b29-28+,41-37-,54-51-. The van der Waals surface area contributed by atoms with Crippen LogP contribution in [0, 0.1) is 0 Å². The van der Waals surface area contributed by atoms with Gasteiger partial charge in [0, 0.05) is 12.8 Å². The summed E-state index contributed by atoms with van der Waals surface area (Å²) in [4.78, 5) is 39.9. The van der Waals surface area contributed by atoms with Crippen LogP contribution in [0.3, 0.4) is 0 Å². The van der Waals surface area contributed by atoms with Crippen molar-refractivity contribution in [3.63, 3.8) is 0 Å². The molecule has 0 saturated heterocycles. The Hall–Kier alpha value is -1.77. The number of rotatable bonds is 57. The van der Waals surface area contributed by atoms with E-state index in [4.69, 9.17) is 13.8 Å². The molecular weight excluding hydrogens is 928 g/mol. The van der Waals surface area contributed by atoms with Crippen molar-refractivity contribution in [2.24, 2.45) is 0 Å². The molecule has 0 aromatic rings. The molecule has 10 heteroatoms. The Morgan fingerprint density at radius 3 is 1.18 bits per heavy atom. The first-order valence-corrected chi connectivity index (χ1v) is 32.8. The van der Waals surface area contributed by atoms with Crippen molar-refractivity contribution >= 4 is 19.7 Å². The molecule has 0 aromatic heterocycles. The van der Waals surface area contributed by atoms with Gasteiger partial charge in [-0.05, 0) is 83.1 Å². The highest BCUT2D eigenvalue weighted by molar-refractivity contribution is 7.45. The molecule has 430 valence electrons. The van der Waals surface area contributed by atoms with E-state index in [9.17, 15) is 19.0 Å². The van der Waals surface area contributed by atoms with Crippen molar-refractivity contribution in [3.05, 3.63) is 36.5 Å². The topological polar surface area (TPSA) is 114 Å². The fraction of sp³-hybridized carbons (Fsp3) is 0.873. The number of carbonyl (C=O) groups excluding carboxylic acids is 2. The summed E-state index contributed by atoms with van der Waals surface area (Å²) in [6, 6.07) is -0.891. The number of likely N-dealkylation sites (N-methyl/N-ethyl adjacent to an activating group) is 1. The summed E-state index contributed by atoms with van der Waals surface area (Å²) < 4.78 is 30.3. The van der Waals surface area contributed by atoms with Gasteiger partial charge in [0.2, 0.25) is 5.91 Å². The first-order valence-electron chi connectivity index (χ1n) is 31.3. The molecule has 1 N–H and O–H groups in total. The van der Waals surface area contributed by atoms with Gasteiger partial charge in [-0.15, -0.1) is 0 Å². The zero-order valence-corrected chi connectivity index (χ0v) is 50.0. The molecule has 0 spiro atoms. The summed E-state index contributed by atoms with van der Waals surface area (Å²) >= 11 is 0. The average Bonchev–Trinajstić information content (AvgIpc) is 3.35. The molecule has 0 aliphatic rings. The van der Waals surface area contributed by atoms with Gasteiger partial charge in [-0.2, -0.15) is 0 Å². The molecule has 3 unspecified atom stereocenters. The Balaban J connectivity index is 5.22. The summed E-state index contributed by atoms with van der Waals surface area (Å²) in [6.07, 6.45) is 63.9. The van der Waals surface area contributed by atoms with E-state index in [1.807, 2.05) is 33.3 Å². The predicted octanol–water partition coefficient (Wildman–Crippen LogP) is 18.5. The van der Waals surface area contributed by atoms with E-state index >= 15 is 0 Å². The molecule has 1 amide bonds. The number of hydrogen-bond acceptors (Lipinski definition) is 7. The third-order valence-corrected chi connectivity index (χ3v) is 15.0. The Labute approximate surface area is 453 Å². The van der Waals surface area contributed by atoms with Crippen LogP contribution in [0.2, 0.25) is 0 Å². The van der Waals surface area contributed by atoms with Gasteiger partial charge >= 0.3 is 5.97 Å². The monoisotopic (exact) mass is 1050 g/mol. The van der Waals surface area contributed by atoms with Crippen LogP contribution >= 0.6 is 7.82 Å². The van der Waals surface area contributed by atoms with Crippen molar-refractivity contribution in [3.8, 4) is 0 Å². The molecule has 0 aliphatic heterocycles. The number of phosphoric ester groups is 1. The summed E-state index contributed by atoms with van der Waals surface area (Å²) in [7, 11) is 1.19. The summed E-state index contributed by atoms with van der Waals surface area (Å²) in [5, 5.41) is 3.03. The number of ether oxygens (including phenoxy) is 1. The van der Waals surface area contributed by atoms with Gasteiger partial charge in [-0.3, -0.25) is 14.2 Å². The Morgan fingerprint density at radius 2 is 0.795 bits per heavy atom. The maximum Gasteiger partial charge on any atom is 0.306 e. The van der Waals surface area contributed by atoms with E-state index in [2.05, 4.69) is 50.4 Å². The molecule has 0 saturated carbocycles. The van der Waals surface area contributed by atoms with Crippen LogP contribution in [0.25, 0.3) is 0 Å². The van der Waals surface area contributed by atoms with Crippen LogP contribution in [-0.4, -0.2) is 69.4 Å². The highest BCUT2D eigenvalue weighted by Crippen LogP contribution is 2.38. The number of amides is 1. The summed E-state index contributed by atoms with van der Waals surface area (Å²) in [5.74, 6) is -0.550. The third-order valence-electron chi connectivity index (χ3n) is 14.0. The maximum atomic E-state index is 13.5. The lowest BCUT2D eigenvalue weighted by atomic mass is 10.0. The minimum atomic E-state index is -4.70. The largest absolute Gasteiger partial charge is 0.756 e. The number of quaternary nitrogens is 1. The molecule has 73 heavy (non-hydrogen) atoms. The molecule has 0 rings (SSSR count). The van der Waals surface area contributed by atoms with E-state index < -0.39 is 20.0 Å². The van der Waals surface area contributed by atoms with Gasteiger partial charge in [0.1, 0.15) is 19.3 Å². The minimum Gasteiger partial charge on any atom is -0.756 e. The van der Waals surface area contributed by atoms with Crippen molar-refractivity contribution in [2.45, 2.75) is 315 Å². The van der Waals surface area contributed by atoms with Crippen LogP contribution in [0.1, 0.15) is 303 Å². The molecule has 0 aliphatic carbocycles. The molecule has 0 fully saturated rings. The smallest absolute Gasteiger partial charge is 0.306 e. The van der Waals surface area contributed by atoms with Gasteiger partial charge in [0.15, 0.2) is 0 Å². The zero-order chi connectivity index (χ0) is 53.6. The van der Waals surface area contributed by atoms with Gasteiger partial charge < -0.3 is 28.5 Å². The average molecular weight is 1050 g/mol. The van der Waals surface area contributed by atoms with Crippen LogP contribution in [0.4, 0.5) is 0 Å². The molecule has 9 nitrogen and oxygen atoms in total. The number of phosphoric acid groups is 1. The molecule has 0 heterocycles. The second-order valence-corrected chi connectivity index (χ2v) is 24.0. The fourth-order valence-electron chi connectivity index (χ4n) is 9.16.